The molecule has 0 bridgehead atoms. The summed E-state index contributed by atoms with van der Waals surface area (Å²) in [6.07, 6.45) is 1.70. The third kappa shape index (κ3) is 3.32. The van der Waals surface area contributed by atoms with Crippen molar-refractivity contribution in [2.45, 2.75) is 31.9 Å². The summed E-state index contributed by atoms with van der Waals surface area (Å²) in [4.78, 5) is 11.3. The third-order valence-corrected chi connectivity index (χ3v) is 2.24. The van der Waals surface area contributed by atoms with E-state index < -0.39 is 0 Å². The van der Waals surface area contributed by atoms with Crippen molar-refractivity contribution < 1.29 is 14.3 Å². The van der Waals surface area contributed by atoms with Crippen LogP contribution in [0.4, 0.5) is 0 Å². The monoisotopic (exact) mass is 187 g/mol. The Morgan fingerprint density at radius 3 is 2.69 bits per heavy atom. The van der Waals surface area contributed by atoms with E-state index in [2.05, 4.69) is 5.32 Å². The molecule has 1 N–H and O–H groups in total. The molecule has 1 heterocycles. The zero-order valence-corrected chi connectivity index (χ0v) is 8.21. The highest BCUT2D eigenvalue weighted by molar-refractivity contribution is 5.75. The Labute approximate surface area is 78.6 Å². The highest BCUT2D eigenvalue weighted by atomic mass is 16.6. The molecule has 1 saturated heterocycles. The van der Waals surface area contributed by atoms with Gasteiger partial charge in [-0.25, -0.2) is 0 Å². The number of rotatable bonds is 3. The van der Waals surface area contributed by atoms with Crippen LogP contribution in [0.5, 0.6) is 0 Å². The molecule has 4 nitrogen and oxygen atoms in total. The van der Waals surface area contributed by atoms with Gasteiger partial charge < -0.3 is 14.8 Å². The van der Waals surface area contributed by atoms with Gasteiger partial charge in [-0.15, -0.1) is 0 Å². The SMILES string of the molecule is CN[C@@H](C)C(=O)OC1CCOCC1. The van der Waals surface area contributed by atoms with Crippen molar-refractivity contribution in [3.8, 4) is 0 Å². The van der Waals surface area contributed by atoms with E-state index in [1.54, 1.807) is 14.0 Å². The van der Waals surface area contributed by atoms with Crippen LogP contribution in [0.1, 0.15) is 19.8 Å². The van der Waals surface area contributed by atoms with Gasteiger partial charge in [0.2, 0.25) is 0 Å². The summed E-state index contributed by atoms with van der Waals surface area (Å²) in [7, 11) is 1.75. The Kier molecular flexibility index (Phi) is 4.18. The zero-order chi connectivity index (χ0) is 9.68. The van der Waals surface area contributed by atoms with Gasteiger partial charge in [0.25, 0.3) is 0 Å². The average molecular weight is 187 g/mol. The van der Waals surface area contributed by atoms with E-state index >= 15 is 0 Å². The molecule has 0 aromatic carbocycles. The fraction of sp³-hybridized carbons (Fsp3) is 0.889. The predicted octanol–water partition coefficient (Wildman–Crippen LogP) is 0.316. The minimum atomic E-state index is -0.220. The second-order valence-electron chi connectivity index (χ2n) is 3.26. The summed E-state index contributed by atoms with van der Waals surface area (Å²) in [6, 6.07) is -0.220. The van der Waals surface area contributed by atoms with Gasteiger partial charge in [0, 0.05) is 12.8 Å². The molecule has 4 heteroatoms. The maximum Gasteiger partial charge on any atom is 0.323 e. The minimum absolute atomic E-state index is 0.0528. The van der Waals surface area contributed by atoms with E-state index in [1.165, 1.54) is 0 Å². The normalized spacial score (nSPS) is 21.1. The summed E-state index contributed by atoms with van der Waals surface area (Å²) in [6.45, 7) is 3.19. The highest BCUT2D eigenvalue weighted by Crippen LogP contribution is 2.11. The Hall–Kier alpha value is -0.610. The average Bonchev–Trinajstić information content (AvgIpc) is 2.18. The van der Waals surface area contributed by atoms with Crippen LogP contribution in [0.25, 0.3) is 0 Å². The van der Waals surface area contributed by atoms with Crippen LogP contribution < -0.4 is 5.32 Å². The third-order valence-electron chi connectivity index (χ3n) is 2.24. The molecule has 1 aliphatic rings. The number of likely N-dealkylation sites (N-methyl/N-ethyl adjacent to an activating group) is 1. The summed E-state index contributed by atoms with van der Waals surface area (Å²) in [5.41, 5.74) is 0. The smallest absolute Gasteiger partial charge is 0.323 e. The molecule has 0 saturated carbocycles. The van der Waals surface area contributed by atoms with Crippen LogP contribution in [-0.4, -0.2) is 38.4 Å². The maximum atomic E-state index is 11.3. The highest BCUT2D eigenvalue weighted by Gasteiger charge is 2.20. The van der Waals surface area contributed by atoms with Gasteiger partial charge >= 0.3 is 5.97 Å². The largest absolute Gasteiger partial charge is 0.461 e. The predicted molar refractivity (Wildman–Crippen MR) is 48.5 cm³/mol. The van der Waals surface area contributed by atoms with Crippen LogP contribution in [0.2, 0.25) is 0 Å². The lowest BCUT2D eigenvalue weighted by atomic mass is 10.1. The van der Waals surface area contributed by atoms with E-state index in [0.717, 1.165) is 12.8 Å². The second-order valence-corrected chi connectivity index (χ2v) is 3.26. The number of nitrogens with one attached hydrogen (secondary N) is 1. The van der Waals surface area contributed by atoms with E-state index in [9.17, 15) is 4.79 Å². The molecule has 1 rings (SSSR count). The van der Waals surface area contributed by atoms with Gasteiger partial charge in [-0.2, -0.15) is 0 Å². The van der Waals surface area contributed by atoms with Crippen molar-refractivity contribution >= 4 is 5.97 Å². The quantitative estimate of drug-likeness (QED) is 0.646. The van der Waals surface area contributed by atoms with Crippen molar-refractivity contribution in [3.63, 3.8) is 0 Å². The minimum Gasteiger partial charge on any atom is -0.461 e. The van der Waals surface area contributed by atoms with Gasteiger partial charge in [0.05, 0.1) is 13.2 Å². The lowest BCUT2D eigenvalue weighted by Gasteiger charge is -2.23. The first-order valence-electron chi connectivity index (χ1n) is 4.69. The van der Waals surface area contributed by atoms with E-state index in [4.69, 9.17) is 9.47 Å². The molecular formula is C9H17NO3. The van der Waals surface area contributed by atoms with Crippen LogP contribution in [-0.2, 0) is 14.3 Å². The Morgan fingerprint density at radius 1 is 1.54 bits per heavy atom. The molecular weight excluding hydrogens is 170 g/mol. The topological polar surface area (TPSA) is 47.6 Å². The molecule has 0 amide bonds. The van der Waals surface area contributed by atoms with Crippen molar-refractivity contribution in [2.75, 3.05) is 20.3 Å². The first-order valence-corrected chi connectivity index (χ1v) is 4.69. The number of hydrogen-bond acceptors (Lipinski definition) is 4. The number of carbonyl (C=O) groups excluding carboxylic acids is 1. The molecule has 0 aromatic rings. The maximum absolute atomic E-state index is 11.3. The molecule has 1 aliphatic heterocycles. The molecule has 1 atom stereocenters. The molecule has 0 aliphatic carbocycles. The van der Waals surface area contributed by atoms with Gasteiger partial charge in [0.15, 0.2) is 0 Å². The number of hydrogen-bond donors (Lipinski definition) is 1. The molecule has 1 fully saturated rings. The second kappa shape index (κ2) is 5.19. The molecule has 0 radical (unpaired) electrons. The molecule has 0 spiro atoms. The van der Waals surface area contributed by atoms with Crippen molar-refractivity contribution in [1.82, 2.24) is 5.32 Å². The zero-order valence-electron chi connectivity index (χ0n) is 8.21. The number of esters is 1. The first kappa shape index (κ1) is 10.5. The first-order chi connectivity index (χ1) is 6.24. The van der Waals surface area contributed by atoms with Gasteiger partial charge in [-0.3, -0.25) is 4.79 Å². The van der Waals surface area contributed by atoms with Crippen LogP contribution >= 0.6 is 0 Å². The van der Waals surface area contributed by atoms with Gasteiger partial charge in [-0.05, 0) is 14.0 Å². The van der Waals surface area contributed by atoms with Crippen molar-refractivity contribution in [2.24, 2.45) is 0 Å². The summed E-state index contributed by atoms with van der Waals surface area (Å²) in [5.74, 6) is -0.172. The summed E-state index contributed by atoms with van der Waals surface area (Å²) >= 11 is 0. The fourth-order valence-corrected chi connectivity index (χ4v) is 1.18. The van der Waals surface area contributed by atoms with Gasteiger partial charge in [-0.1, -0.05) is 0 Å². The number of carbonyl (C=O) groups is 1. The lowest BCUT2D eigenvalue weighted by Crippen LogP contribution is -2.36. The molecule has 0 unspecified atom stereocenters. The summed E-state index contributed by atoms with van der Waals surface area (Å²) in [5, 5.41) is 2.85. The summed E-state index contributed by atoms with van der Waals surface area (Å²) < 4.78 is 10.4. The Morgan fingerprint density at radius 2 is 2.15 bits per heavy atom. The Balaban J connectivity index is 2.26. The lowest BCUT2D eigenvalue weighted by molar-refractivity contribution is -0.155. The van der Waals surface area contributed by atoms with Crippen molar-refractivity contribution in [1.29, 1.82) is 0 Å². The van der Waals surface area contributed by atoms with E-state index in [1.807, 2.05) is 0 Å². The molecule has 13 heavy (non-hydrogen) atoms. The van der Waals surface area contributed by atoms with E-state index in [0.29, 0.717) is 13.2 Å². The van der Waals surface area contributed by atoms with E-state index in [-0.39, 0.29) is 18.1 Å². The van der Waals surface area contributed by atoms with Crippen LogP contribution in [0.15, 0.2) is 0 Å². The van der Waals surface area contributed by atoms with Gasteiger partial charge in [0.1, 0.15) is 12.1 Å². The molecule has 0 aromatic heterocycles. The molecule has 76 valence electrons. The number of ether oxygens (including phenoxy) is 2. The van der Waals surface area contributed by atoms with Crippen LogP contribution in [0.3, 0.4) is 0 Å². The fourth-order valence-electron chi connectivity index (χ4n) is 1.18. The van der Waals surface area contributed by atoms with Crippen LogP contribution in [0, 0.1) is 0 Å². The van der Waals surface area contributed by atoms with Crippen molar-refractivity contribution in [3.05, 3.63) is 0 Å². The standard InChI is InChI=1S/C9H17NO3/c1-7(10-2)9(11)13-8-3-5-12-6-4-8/h7-8,10H,3-6H2,1-2H3/t7-/m0/s1. The Bertz CT molecular complexity index is 166.